The number of allylic oxidation sites excluding steroid dienone is 2. The van der Waals surface area contributed by atoms with Crippen molar-refractivity contribution >= 4 is 23.3 Å². The minimum absolute atomic E-state index is 0.974. The van der Waals surface area contributed by atoms with E-state index >= 15 is 0 Å². The summed E-state index contributed by atoms with van der Waals surface area (Å²) in [5.41, 5.74) is 5.43. The average molecular weight is 219 g/mol. The summed E-state index contributed by atoms with van der Waals surface area (Å²) >= 11 is 0. The third-order valence-electron chi connectivity index (χ3n) is 3.11. The molecule has 17 heavy (non-hydrogen) atoms. The maximum atomic E-state index is 4.45. The highest BCUT2D eigenvalue weighted by Crippen LogP contribution is 2.38. The van der Waals surface area contributed by atoms with E-state index in [1.165, 1.54) is 5.69 Å². The van der Waals surface area contributed by atoms with Crippen molar-refractivity contribution in [1.29, 1.82) is 0 Å². The highest BCUT2D eigenvalue weighted by atomic mass is 15.0. The van der Waals surface area contributed by atoms with Crippen molar-refractivity contribution in [3.05, 3.63) is 48.4 Å². The molecule has 0 aromatic carbocycles. The van der Waals surface area contributed by atoms with E-state index in [-0.39, 0.29) is 0 Å². The summed E-state index contributed by atoms with van der Waals surface area (Å²) in [5, 5.41) is 0. The maximum Gasteiger partial charge on any atom is 0.0987 e. The van der Waals surface area contributed by atoms with Crippen LogP contribution >= 0.6 is 0 Å². The van der Waals surface area contributed by atoms with Gasteiger partial charge in [0.1, 0.15) is 0 Å². The number of hydrogen-bond donors (Lipinski definition) is 0. The molecule has 3 heteroatoms. The van der Waals surface area contributed by atoms with Gasteiger partial charge in [0.05, 0.1) is 16.7 Å². The molecule has 0 unspecified atom stereocenters. The molecule has 0 fully saturated rings. The molecule has 0 saturated heterocycles. The highest BCUT2D eigenvalue weighted by Gasteiger charge is 2.20. The Kier molecular flexibility index (Phi) is 1.56. The van der Waals surface area contributed by atoms with Gasteiger partial charge in [0, 0.05) is 35.9 Å². The number of hydrogen-bond acceptors (Lipinski definition) is 2. The topological polar surface area (TPSA) is 30.7 Å². The third-order valence-corrected chi connectivity index (χ3v) is 3.11. The number of pyridine rings is 1. The van der Waals surface area contributed by atoms with Crippen molar-refractivity contribution in [3.8, 4) is 11.3 Å². The number of nitrogens with zero attached hydrogens (tertiary/aromatic N) is 3. The Labute approximate surface area is 98.1 Å². The molecule has 0 amide bonds. The zero-order valence-corrected chi connectivity index (χ0v) is 9.04. The van der Waals surface area contributed by atoms with Crippen LogP contribution in [0.3, 0.4) is 0 Å². The normalized spacial score (nSPS) is 13.4. The molecule has 0 bridgehead atoms. The second-order valence-electron chi connectivity index (χ2n) is 4.05. The SMILES string of the molecule is C1=Cc2c3n(cccc-3c3nccnc23)C=C1. The molecule has 0 atom stereocenters. The van der Waals surface area contributed by atoms with E-state index < -0.39 is 0 Å². The van der Waals surface area contributed by atoms with E-state index in [4.69, 9.17) is 0 Å². The van der Waals surface area contributed by atoms with Gasteiger partial charge in [-0.3, -0.25) is 9.97 Å². The molecule has 4 rings (SSSR count). The molecular formula is C14H9N3. The maximum absolute atomic E-state index is 4.45. The van der Waals surface area contributed by atoms with E-state index in [9.17, 15) is 0 Å². The Bertz CT molecular complexity index is 749. The monoisotopic (exact) mass is 219 g/mol. The van der Waals surface area contributed by atoms with Crippen LogP contribution in [0.5, 0.6) is 0 Å². The van der Waals surface area contributed by atoms with Gasteiger partial charge in [0.15, 0.2) is 0 Å². The first-order chi connectivity index (χ1) is 8.45. The van der Waals surface area contributed by atoms with Crippen molar-refractivity contribution in [2.45, 2.75) is 0 Å². The third kappa shape index (κ3) is 1.05. The zero-order valence-electron chi connectivity index (χ0n) is 9.04. The van der Waals surface area contributed by atoms with Crippen LogP contribution in [0, 0.1) is 0 Å². The molecule has 1 aromatic heterocycles. The lowest BCUT2D eigenvalue weighted by Gasteiger charge is -2.07. The van der Waals surface area contributed by atoms with Crippen LogP contribution in [0.4, 0.5) is 0 Å². The minimum atomic E-state index is 0.974. The fourth-order valence-corrected chi connectivity index (χ4v) is 2.42. The van der Waals surface area contributed by atoms with Gasteiger partial charge in [-0.15, -0.1) is 0 Å². The first kappa shape index (κ1) is 8.70. The molecule has 1 aliphatic carbocycles. The van der Waals surface area contributed by atoms with Gasteiger partial charge in [-0.25, -0.2) is 0 Å². The molecule has 80 valence electrons. The van der Waals surface area contributed by atoms with Crippen molar-refractivity contribution in [2.75, 3.05) is 0 Å². The van der Waals surface area contributed by atoms with Gasteiger partial charge in [-0.2, -0.15) is 0 Å². The van der Waals surface area contributed by atoms with E-state index in [1.807, 2.05) is 30.6 Å². The Morgan fingerprint density at radius 2 is 1.88 bits per heavy atom. The van der Waals surface area contributed by atoms with Gasteiger partial charge < -0.3 is 4.57 Å². The number of aromatic nitrogens is 3. The van der Waals surface area contributed by atoms with Crippen molar-refractivity contribution in [1.82, 2.24) is 14.5 Å². The first-order valence-corrected chi connectivity index (χ1v) is 5.53. The molecule has 0 radical (unpaired) electrons. The smallest absolute Gasteiger partial charge is 0.0987 e. The van der Waals surface area contributed by atoms with Crippen molar-refractivity contribution < 1.29 is 0 Å². The summed E-state index contributed by atoms with van der Waals surface area (Å²) in [6, 6.07) is 4.13. The molecular weight excluding hydrogens is 210 g/mol. The fraction of sp³-hybridized carbons (Fsp3) is 0. The van der Waals surface area contributed by atoms with E-state index in [0.29, 0.717) is 0 Å². The van der Waals surface area contributed by atoms with E-state index in [2.05, 4.69) is 26.7 Å². The number of fused-ring (bicyclic) bond motifs is 3. The summed E-state index contributed by atoms with van der Waals surface area (Å²) < 4.78 is 2.12. The van der Waals surface area contributed by atoms with Crippen LogP contribution in [0.15, 0.2) is 42.9 Å². The summed E-state index contributed by atoms with van der Waals surface area (Å²) in [6.45, 7) is 0. The standard InChI is InChI=1S/C14H9N3/c1-2-8-17-9-3-5-11-13-12(15-6-7-16-13)10(4-1)14(11)17/h1-9H. The fourth-order valence-electron chi connectivity index (χ4n) is 2.42. The second-order valence-corrected chi connectivity index (χ2v) is 4.05. The molecule has 3 aliphatic rings. The van der Waals surface area contributed by atoms with Crippen LogP contribution in [0.1, 0.15) is 5.56 Å². The molecule has 3 nitrogen and oxygen atoms in total. The molecule has 3 heterocycles. The molecule has 0 saturated carbocycles. The Hall–Kier alpha value is -2.42. The Balaban J connectivity index is 2.32. The van der Waals surface area contributed by atoms with E-state index in [0.717, 1.165) is 22.2 Å². The van der Waals surface area contributed by atoms with Gasteiger partial charge in [-0.05, 0) is 18.2 Å². The first-order valence-electron chi connectivity index (χ1n) is 5.53. The van der Waals surface area contributed by atoms with E-state index in [1.54, 1.807) is 12.4 Å². The average Bonchev–Trinajstić information content (AvgIpc) is 2.56. The van der Waals surface area contributed by atoms with Gasteiger partial charge in [-0.1, -0.05) is 12.2 Å². The Morgan fingerprint density at radius 3 is 2.82 bits per heavy atom. The molecule has 0 spiro atoms. The summed E-state index contributed by atoms with van der Waals surface area (Å²) in [5.74, 6) is 0. The Morgan fingerprint density at radius 1 is 1.00 bits per heavy atom. The summed E-state index contributed by atoms with van der Waals surface area (Å²) in [6.07, 6.45) is 13.8. The largest absolute Gasteiger partial charge is 0.323 e. The minimum Gasteiger partial charge on any atom is -0.323 e. The van der Waals surface area contributed by atoms with Gasteiger partial charge in [0.2, 0.25) is 0 Å². The lowest BCUT2D eigenvalue weighted by molar-refractivity contribution is 1.14. The summed E-state index contributed by atoms with van der Waals surface area (Å²) in [4.78, 5) is 8.89. The summed E-state index contributed by atoms with van der Waals surface area (Å²) in [7, 11) is 0. The predicted octanol–water partition coefficient (Wildman–Crippen LogP) is 3.03. The number of rotatable bonds is 0. The van der Waals surface area contributed by atoms with Crippen LogP contribution < -0.4 is 0 Å². The molecule has 0 N–H and O–H groups in total. The van der Waals surface area contributed by atoms with Crippen LogP contribution in [-0.2, 0) is 0 Å². The highest BCUT2D eigenvalue weighted by molar-refractivity contribution is 6.05. The van der Waals surface area contributed by atoms with Crippen molar-refractivity contribution in [3.63, 3.8) is 0 Å². The molecule has 2 aliphatic heterocycles. The second kappa shape index (κ2) is 3.04. The van der Waals surface area contributed by atoms with Gasteiger partial charge >= 0.3 is 0 Å². The quantitative estimate of drug-likeness (QED) is 0.581. The van der Waals surface area contributed by atoms with Gasteiger partial charge in [0.25, 0.3) is 0 Å². The van der Waals surface area contributed by atoms with Crippen molar-refractivity contribution in [2.24, 2.45) is 0 Å². The zero-order chi connectivity index (χ0) is 11.2. The van der Waals surface area contributed by atoms with Crippen LogP contribution in [0.25, 0.3) is 34.6 Å². The predicted molar refractivity (Wildman–Crippen MR) is 68.5 cm³/mol. The lowest BCUT2D eigenvalue weighted by atomic mass is 10.1. The van der Waals surface area contributed by atoms with Crippen LogP contribution in [0.2, 0.25) is 0 Å². The lowest BCUT2D eigenvalue weighted by Crippen LogP contribution is -1.93. The van der Waals surface area contributed by atoms with Crippen LogP contribution in [-0.4, -0.2) is 14.5 Å². The molecule has 1 aromatic rings.